The molecule has 1 atom stereocenters. The standard InChI is InChI=1S/C27H41N3O2/c1-8-10-18-29(19-24-12-11-17-28(24)7)25(31)20-30(21(3)9-2)26(32)22-13-15-23(16-14-22)27(4,5)6/h11-17,21H,8-10,18-20H2,1-7H3/t21-/m0/s1. The average molecular weight is 440 g/mol. The summed E-state index contributed by atoms with van der Waals surface area (Å²) in [6.07, 6.45) is 4.76. The molecule has 0 N–H and O–H groups in total. The van der Waals surface area contributed by atoms with Crippen LogP contribution in [0.15, 0.2) is 42.6 Å². The highest BCUT2D eigenvalue weighted by Crippen LogP contribution is 2.23. The van der Waals surface area contributed by atoms with Gasteiger partial charge < -0.3 is 14.4 Å². The summed E-state index contributed by atoms with van der Waals surface area (Å²) in [6, 6.07) is 11.8. The van der Waals surface area contributed by atoms with Gasteiger partial charge in [-0.25, -0.2) is 0 Å². The predicted molar refractivity (Wildman–Crippen MR) is 132 cm³/mol. The Bertz CT molecular complexity index is 877. The second-order valence-corrected chi connectivity index (χ2v) is 9.80. The normalized spacial score (nSPS) is 12.5. The second-order valence-electron chi connectivity index (χ2n) is 9.80. The Hall–Kier alpha value is -2.56. The van der Waals surface area contributed by atoms with E-state index < -0.39 is 0 Å². The Balaban J connectivity index is 2.22. The Morgan fingerprint density at radius 2 is 1.72 bits per heavy atom. The highest BCUT2D eigenvalue weighted by Gasteiger charge is 2.26. The lowest BCUT2D eigenvalue weighted by atomic mass is 9.86. The zero-order valence-corrected chi connectivity index (χ0v) is 21.0. The molecule has 5 heteroatoms. The summed E-state index contributed by atoms with van der Waals surface area (Å²) in [6.45, 7) is 14.0. The number of carbonyl (C=O) groups is 2. The van der Waals surface area contributed by atoms with Crippen LogP contribution >= 0.6 is 0 Å². The van der Waals surface area contributed by atoms with E-state index in [2.05, 4.69) is 34.6 Å². The van der Waals surface area contributed by atoms with Crippen LogP contribution in [0.1, 0.15) is 82.4 Å². The van der Waals surface area contributed by atoms with Gasteiger partial charge in [0.05, 0.1) is 6.54 Å². The third-order valence-corrected chi connectivity index (χ3v) is 6.23. The number of amides is 2. The molecule has 0 unspecified atom stereocenters. The predicted octanol–water partition coefficient (Wildman–Crippen LogP) is 5.39. The first-order chi connectivity index (χ1) is 15.1. The maximum absolute atomic E-state index is 13.4. The average Bonchev–Trinajstić information content (AvgIpc) is 3.17. The van der Waals surface area contributed by atoms with Crippen LogP contribution < -0.4 is 0 Å². The van der Waals surface area contributed by atoms with Crippen molar-refractivity contribution in [3.05, 3.63) is 59.4 Å². The Morgan fingerprint density at radius 3 is 2.22 bits per heavy atom. The molecule has 0 aliphatic carbocycles. The van der Waals surface area contributed by atoms with Gasteiger partial charge in [0.15, 0.2) is 0 Å². The van der Waals surface area contributed by atoms with Crippen molar-refractivity contribution >= 4 is 11.8 Å². The minimum Gasteiger partial charge on any atom is -0.353 e. The third kappa shape index (κ3) is 6.72. The third-order valence-electron chi connectivity index (χ3n) is 6.23. The molecule has 0 aliphatic heterocycles. The van der Waals surface area contributed by atoms with E-state index >= 15 is 0 Å². The van der Waals surface area contributed by atoms with Gasteiger partial charge in [0.25, 0.3) is 5.91 Å². The summed E-state index contributed by atoms with van der Waals surface area (Å²) in [5.74, 6) is -0.0814. The molecule has 2 amide bonds. The fraction of sp³-hybridized carbons (Fsp3) is 0.556. The van der Waals surface area contributed by atoms with Crippen LogP contribution in [-0.2, 0) is 23.8 Å². The number of nitrogens with zero attached hydrogens (tertiary/aromatic N) is 3. The molecular formula is C27H41N3O2. The molecule has 176 valence electrons. The molecule has 2 aromatic rings. The van der Waals surface area contributed by atoms with Crippen molar-refractivity contribution < 1.29 is 9.59 Å². The van der Waals surface area contributed by atoms with Crippen molar-refractivity contribution in [2.45, 2.75) is 78.8 Å². The summed E-state index contributed by atoms with van der Waals surface area (Å²) in [5.41, 5.74) is 2.95. The molecule has 0 aliphatic rings. The smallest absolute Gasteiger partial charge is 0.254 e. The fourth-order valence-corrected chi connectivity index (χ4v) is 3.67. The Labute approximate surface area is 194 Å². The summed E-state index contributed by atoms with van der Waals surface area (Å²) in [7, 11) is 1.99. The molecule has 5 nitrogen and oxygen atoms in total. The van der Waals surface area contributed by atoms with Gasteiger partial charge in [-0.3, -0.25) is 9.59 Å². The van der Waals surface area contributed by atoms with E-state index in [-0.39, 0.29) is 29.8 Å². The van der Waals surface area contributed by atoms with E-state index in [1.807, 2.05) is 66.0 Å². The van der Waals surface area contributed by atoms with Crippen LogP contribution in [0.5, 0.6) is 0 Å². The summed E-state index contributed by atoms with van der Waals surface area (Å²) >= 11 is 0. The molecule has 0 radical (unpaired) electrons. The van der Waals surface area contributed by atoms with E-state index in [1.54, 1.807) is 4.90 Å². The van der Waals surface area contributed by atoms with Crippen molar-refractivity contribution in [2.24, 2.45) is 7.05 Å². The maximum Gasteiger partial charge on any atom is 0.254 e. The van der Waals surface area contributed by atoms with Gasteiger partial charge in [0.1, 0.15) is 6.54 Å². The van der Waals surface area contributed by atoms with Crippen LogP contribution in [0.25, 0.3) is 0 Å². The molecule has 0 bridgehead atoms. The highest BCUT2D eigenvalue weighted by molar-refractivity contribution is 5.96. The molecule has 0 saturated carbocycles. The van der Waals surface area contributed by atoms with Crippen LogP contribution in [0.3, 0.4) is 0 Å². The van der Waals surface area contributed by atoms with Gasteiger partial charge in [0, 0.05) is 37.1 Å². The summed E-state index contributed by atoms with van der Waals surface area (Å²) < 4.78 is 2.04. The molecule has 0 saturated heterocycles. The monoisotopic (exact) mass is 439 g/mol. The van der Waals surface area contributed by atoms with Crippen molar-refractivity contribution in [1.82, 2.24) is 14.4 Å². The van der Waals surface area contributed by atoms with Gasteiger partial charge in [0.2, 0.25) is 5.91 Å². The number of hydrogen-bond acceptors (Lipinski definition) is 2. The first-order valence-corrected chi connectivity index (χ1v) is 11.9. The molecule has 2 rings (SSSR count). The molecule has 32 heavy (non-hydrogen) atoms. The van der Waals surface area contributed by atoms with Crippen molar-refractivity contribution in [2.75, 3.05) is 13.1 Å². The lowest BCUT2D eigenvalue weighted by molar-refractivity contribution is -0.133. The zero-order valence-electron chi connectivity index (χ0n) is 21.0. The number of hydrogen-bond donors (Lipinski definition) is 0. The van der Waals surface area contributed by atoms with E-state index in [0.717, 1.165) is 25.0 Å². The lowest BCUT2D eigenvalue weighted by Gasteiger charge is -2.31. The first kappa shape index (κ1) is 25.7. The number of unbranched alkanes of at least 4 members (excludes halogenated alkanes) is 1. The van der Waals surface area contributed by atoms with Gasteiger partial charge in [-0.15, -0.1) is 0 Å². The second kappa shape index (κ2) is 11.3. The first-order valence-electron chi connectivity index (χ1n) is 11.9. The summed E-state index contributed by atoms with van der Waals surface area (Å²) in [5, 5.41) is 0. The SMILES string of the molecule is CCCCN(Cc1cccn1C)C(=O)CN(C(=O)c1ccc(C(C)(C)C)cc1)[C@@H](C)CC. The summed E-state index contributed by atoms with van der Waals surface area (Å²) in [4.78, 5) is 30.4. The van der Waals surface area contributed by atoms with Crippen LogP contribution in [0.4, 0.5) is 0 Å². The largest absolute Gasteiger partial charge is 0.353 e. The van der Waals surface area contributed by atoms with E-state index in [4.69, 9.17) is 0 Å². The molecule has 1 heterocycles. The zero-order chi connectivity index (χ0) is 23.9. The number of rotatable bonds is 10. The number of aromatic nitrogens is 1. The van der Waals surface area contributed by atoms with E-state index in [0.29, 0.717) is 18.7 Å². The highest BCUT2D eigenvalue weighted by atomic mass is 16.2. The van der Waals surface area contributed by atoms with E-state index in [9.17, 15) is 9.59 Å². The van der Waals surface area contributed by atoms with Crippen molar-refractivity contribution in [3.8, 4) is 0 Å². The van der Waals surface area contributed by atoms with Crippen LogP contribution in [0.2, 0.25) is 0 Å². The van der Waals surface area contributed by atoms with Gasteiger partial charge in [-0.05, 0) is 55.0 Å². The van der Waals surface area contributed by atoms with Crippen molar-refractivity contribution in [1.29, 1.82) is 0 Å². The Morgan fingerprint density at radius 1 is 1.06 bits per heavy atom. The minimum absolute atomic E-state index is 0.000360. The minimum atomic E-state index is -0.0810. The maximum atomic E-state index is 13.4. The number of carbonyl (C=O) groups excluding carboxylic acids is 2. The molecule has 0 spiro atoms. The number of benzene rings is 1. The van der Waals surface area contributed by atoms with Crippen LogP contribution in [-0.4, -0.2) is 45.3 Å². The lowest BCUT2D eigenvalue weighted by Crippen LogP contribution is -2.46. The van der Waals surface area contributed by atoms with Gasteiger partial charge in [-0.2, -0.15) is 0 Å². The fourth-order valence-electron chi connectivity index (χ4n) is 3.67. The quantitative estimate of drug-likeness (QED) is 0.498. The molecule has 1 aromatic carbocycles. The molecule has 1 aromatic heterocycles. The Kier molecular flexibility index (Phi) is 9.11. The van der Waals surface area contributed by atoms with Gasteiger partial charge >= 0.3 is 0 Å². The molecule has 0 fully saturated rings. The van der Waals surface area contributed by atoms with Crippen LogP contribution in [0, 0.1) is 0 Å². The molecular weight excluding hydrogens is 398 g/mol. The van der Waals surface area contributed by atoms with Crippen molar-refractivity contribution in [3.63, 3.8) is 0 Å². The van der Waals surface area contributed by atoms with E-state index in [1.165, 1.54) is 5.56 Å². The topological polar surface area (TPSA) is 45.6 Å². The van der Waals surface area contributed by atoms with Gasteiger partial charge in [-0.1, -0.05) is 53.2 Å². The number of aryl methyl sites for hydroxylation is 1.